The lowest BCUT2D eigenvalue weighted by Gasteiger charge is -2.04. The summed E-state index contributed by atoms with van der Waals surface area (Å²) >= 11 is 1.18. The van der Waals surface area contributed by atoms with E-state index in [1.54, 1.807) is 19.9 Å². The number of hydrogen-bond donors (Lipinski definition) is 2. The molecule has 0 radical (unpaired) electrons. The molecule has 0 spiro atoms. The molecule has 21 heavy (non-hydrogen) atoms. The van der Waals surface area contributed by atoms with Crippen LogP contribution in [0.1, 0.15) is 26.6 Å². The van der Waals surface area contributed by atoms with Crippen molar-refractivity contribution in [2.75, 3.05) is 5.32 Å². The van der Waals surface area contributed by atoms with Crippen molar-refractivity contribution in [1.29, 1.82) is 0 Å². The van der Waals surface area contributed by atoms with Gasteiger partial charge in [-0.25, -0.2) is 9.78 Å². The highest BCUT2D eigenvalue weighted by Crippen LogP contribution is 2.20. The van der Waals surface area contributed by atoms with Gasteiger partial charge in [0.15, 0.2) is 5.13 Å². The lowest BCUT2D eigenvalue weighted by atomic mass is 10.2. The van der Waals surface area contributed by atoms with Crippen LogP contribution < -0.4 is 5.32 Å². The highest BCUT2D eigenvalue weighted by atomic mass is 32.1. The van der Waals surface area contributed by atoms with E-state index in [0.717, 1.165) is 6.08 Å². The topological polar surface area (TPSA) is 105 Å². The van der Waals surface area contributed by atoms with Crippen LogP contribution in [0.3, 0.4) is 0 Å². The summed E-state index contributed by atoms with van der Waals surface area (Å²) in [6.45, 7) is 3.45. The van der Waals surface area contributed by atoms with Gasteiger partial charge in [0.1, 0.15) is 0 Å². The zero-order chi connectivity index (χ0) is 15.4. The number of nitrogens with one attached hydrogen (secondary N) is 1. The number of aromatic nitrogens is 3. The fourth-order valence-corrected chi connectivity index (χ4v) is 2.23. The minimum atomic E-state index is -1.04. The Bertz CT molecular complexity index is 724. The van der Waals surface area contributed by atoms with E-state index >= 15 is 0 Å². The Morgan fingerprint density at radius 3 is 2.81 bits per heavy atom. The van der Waals surface area contributed by atoms with E-state index in [9.17, 15) is 9.59 Å². The molecule has 0 saturated carbocycles. The molecule has 0 aliphatic rings. The summed E-state index contributed by atoms with van der Waals surface area (Å²) in [6.07, 6.45) is 3.92. The van der Waals surface area contributed by atoms with Gasteiger partial charge in [0.25, 0.3) is 5.91 Å². The van der Waals surface area contributed by atoms with Crippen molar-refractivity contribution in [3.63, 3.8) is 0 Å². The Morgan fingerprint density at radius 2 is 2.10 bits per heavy atom. The van der Waals surface area contributed by atoms with Gasteiger partial charge >= 0.3 is 5.97 Å². The van der Waals surface area contributed by atoms with Gasteiger partial charge in [0.2, 0.25) is 0 Å². The molecule has 2 rings (SSSR count). The fourth-order valence-electron chi connectivity index (χ4n) is 1.52. The second kappa shape index (κ2) is 6.23. The molecule has 8 heteroatoms. The number of thiazole rings is 1. The van der Waals surface area contributed by atoms with Gasteiger partial charge in [-0.3, -0.25) is 10.1 Å². The Morgan fingerprint density at radius 1 is 1.33 bits per heavy atom. The van der Waals surface area contributed by atoms with Gasteiger partial charge in [0.05, 0.1) is 17.0 Å². The predicted octanol–water partition coefficient (Wildman–Crippen LogP) is 1.90. The first kappa shape index (κ1) is 14.8. The normalized spacial score (nSPS) is 10.8. The highest BCUT2D eigenvalue weighted by molar-refractivity contribution is 7.16. The van der Waals surface area contributed by atoms with Gasteiger partial charge < -0.3 is 5.11 Å². The first-order chi connectivity index (χ1) is 9.95. The van der Waals surface area contributed by atoms with Gasteiger partial charge in [-0.15, -0.1) is 0 Å². The van der Waals surface area contributed by atoms with Crippen molar-refractivity contribution in [2.45, 2.75) is 13.8 Å². The average molecular weight is 304 g/mol. The fraction of sp³-hybridized carbons (Fsp3) is 0.154. The molecular formula is C13H12N4O3S. The van der Waals surface area contributed by atoms with Crippen LogP contribution in [0, 0.1) is 13.8 Å². The van der Waals surface area contributed by atoms with Crippen molar-refractivity contribution in [2.24, 2.45) is 0 Å². The van der Waals surface area contributed by atoms with E-state index in [4.69, 9.17) is 5.11 Å². The summed E-state index contributed by atoms with van der Waals surface area (Å²) < 4.78 is 0. The van der Waals surface area contributed by atoms with Crippen LogP contribution in [0.4, 0.5) is 5.13 Å². The zero-order valence-corrected chi connectivity index (χ0v) is 12.1. The average Bonchev–Trinajstić information content (AvgIpc) is 2.86. The van der Waals surface area contributed by atoms with E-state index < -0.39 is 5.97 Å². The number of amides is 1. The van der Waals surface area contributed by atoms with Crippen LogP contribution in [0.2, 0.25) is 0 Å². The highest BCUT2D eigenvalue weighted by Gasteiger charge is 2.13. The standard InChI is InChI=1S/C13H12N4O3S/c1-7-5-10(8(2)17-16-7)12(20)15-13-14-6-9(21-13)3-4-11(18)19/h3-6H,1-2H3,(H,18,19)(H,14,15,20)/b4-3+. The lowest BCUT2D eigenvalue weighted by Crippen LogP contribution is -2.14. The first-order valence-corrected chi connectivity index (χ1v) is 6.76. The SMILES string of the molecule is Cc1cc(C(=O)Nc2ncc(/C=C/C(=O)O)s2)c(C)nn1. The second-order valence-electron chi connectivity index (χ2n) is 4.18. The van der Waals surface area contributed by atoms with Crippen LogP contribution in [-0.2, 0) is 4.79 Å². The second-order valence-corrected chi connectivity index (χ2v) is 5.24. The largest absolute Gasteiger partial charge is 0.478 e. The van der Waals surface area contributed by atoms with E-state index in [2.05, 4.69) is 20.5 Å². The molecule has 2 aromatic heterocycles. The van der Waals surface area contributed by atoms with Crippen LogP contribution >= 0.6 is 11.3 Å². The van der Waals surface area contributed by atoms with Crippen LogP contribution in [0.5, 0.6) is 0 Å². The van der Waals surface area contributed by atoms with Gasteiger partial charge in [0, 0.05) is 17.2 Å². The maximum absolute atomic E-state index is 12.1. The number of nitrogens with zero attached hydrogens (tertiary/aromatic N) is 3. The molecule has 0 aliphatic carbocycles. The molecule has 2 N–H and O–H groups in total. The van der Waals surface area contributed by atoms with E-state index in [1.807, 2.05) is 0 Å². The minimum absolute atomic E-state index is 0.325. The Balaban J connectivity index is 2.13. The number of rotatable bonds is 4. The third-order valence-corrected chi connectivity index (χ3v) is 3.36. The number of aryl methyl sites for hydroxylation is 2. The summed E-state index contributed by atoms with van der Waals surface area (Å²) in [5, 5.41) is 19.3. The molecule has 0 aromatic carbocycles. The quantitative estimate of drug-likeness (QED) is 0.836. The maximum atomic E-state index is 12.1. The molecule has 0 aliphatic heterocycles. The van der Waals surface area contributed by atoms with Gasteiger partial charge in [-0.2, -0.15) is 10.2 Å². The Kier molecular flexibility index (Phi) is 4.39. The summed E-state index contributed by atoms with van der Waals surface area (Å²) in [5.41, 5.74) is 1.61. The van der Waals surface area contributed by atoms with Crippen LogP contribution in [0.15, 0.2) is 18.3 Å². The molecule has 2 heterocycles. The molecule has 2 aromatic rings. The zero-order valence-electron chi connectivity index (χ0n) is 11.3. The summed E-state index contributed by atoms with van der Waals surface area (Å²) in [6, 6.07) is 1.65. The first-order valence-electron chi connectivity index (χ1n) is 5.95. The Hall–Kier alpha value is -2.61. The number of carbonyl (C=O) groups excluding carboxylic acids is 1. The van der Waals surface area contributed by atoms with Crippen molar-refractivity contribution in [3.05, 3.63) is 40.2 Å². The number of carboxylic acids is 1. The van der Waals surface area contributed by atoms with E-state index in [0.29, 0.717) is 27.0 Å². The number of aliphatic carboxylic acids is 1. The van der Waals surface area contributed by atoms with E-state index in [1.165, 1.54) is 23.6 Å². The summed E-state index contributed by atoms with van der Waals surface area (Å²) in [7, 11) is 0. The third kappa shape index (κ3) is 3.93. The minimum Gasteiger partial charge on any atom is -0.478 e. The van der Waals surface area contributed by atoms with Gasteiger partial charge in [-0.05, 0) is 26.0 Å². The number of hydrogen-bond acceptors (Lipinski definition) is 6. The number of carboxylic acid groups (broad SMARTS) is 1. The maximum Gasteiger partial charge on any atom is 0.328 e. The lowest BCUT2D eigenvalue weighted by molar-refractivity contribution is -0.131. The van der Waals surface area contributed by atoms with Crippen molar-refractivity contribution in [3.8, 4) is 0 Å². The van der Waals surface area contributed by atoms with Crippen molar-refractivity contribution >= 4 is 34.4 Å². The molecule has 7 nitrogen and oxygen atoms in total. The van der Waals surface area contributed by atoms with Crippen LogP contribution in [0.25, 0.3) is 6.08 Å². The van der Waals surface area contributed by atoms with E-state index in [-0.39, 0.29) is 5.91 Å². The molecule has 0 saturated heterocycles. The summed E-state index contributed by atoms with van der Waals surface area (Å²) in [5.74, 6) is -1.36. The van der Waals surface area contributed by atoms with Crippen molar-refractivity contribution < 1.29 is 14.7 Å². The molecule has 0 bridgehead atoms. The molecule has 0 unspecified atom stereocenters. The number of carbonyl (C=O) groups is 2. The smallest absolute Gasteiger partial charge is 0.328 e. The molecular weight excluding hydrogens is 292 g/mol. The molecule has 108 valence electrons. The molecule has 0 fully saturated rings. The summed E-state index contributed by atoms with van der Waals surface area (Å²) in [4.78, 5) is 27.2. The van der Waals surface area contributed by atoms with Crippen molar-refractivity contribution in [1.82, 2.24) is 15.2 Å². The molecule has 0 atom stereocenters. The monoisotopic (exact) mass is 304 g/mol. The predicted molar refractivity (Wildman–Crippen MR) is 78.2 cm³/mol. The van der Waals surface area contributed by atoms with Gasteiger partial charge in [-0.1, -0.05) is 11.3 Å². The molecule has 1 amide bonds. The Labute approximate surface area is 124 Å². The third-order valence-electron chi connectivity index (χ3n) is 2.48. The number of anilines is 1. The van der Waals surface area contributed by atoms with Crippen LogP contribution in [-0.4, -0.2) is 32.2 Å².